The quantitative estimate of drug-likeness (QED) is 0.371. The van der Waals surface area contributed by atoms with Crippen molar-refractivity contribution in [3.05, 3.63) is 77.5 Å². The van der Waals surface area contributed by atoms with Crippen molar-refractivity contribution in [2.24, 2.45) is 0 Å². The molecule has 2 aromatic carbocycles. The molecule has 3 aromatic rings. The Hall–Kier alpha value is -3.78. The molecule has 0 saturated carbocycles. The summed E-state index contributed by atoms with van der Waals surface area (Å²) < 4.78 is 22.2. The number of esters is 1. The Morgan fingerprint density at radius 1 is 0.892 bits per heavy atom. The molecule has 1 saturated heterocycles. The second kappa shape index (κ2) is 12.5. The van der Waals surface area contributed by atoms with E-state index in [0.29, 0.717) is 18.0 Å². The molecule has 0 aliphatic carbocycles. The molecule has 1 aliphatic rings. The van der Waals surface area contributed by atoms with Gasteiger partial charge in [0.15, 0.2) is 0 Å². The molecular formula is C29H35N3O5. The summed E-state index contributed by atoms with van der Waals surface area (Å²) in [6.45, 7) is 8.24. The molecule has 4 rings (SSSR count). The molecule has 8 nitrogen and oxygen atoms in total. The number of benzene rings is 2. The molecular weight excluding hydrogens is 470 g/mol. The molecule has 1 fully saturated rings. The van der Waals surface area contributed by atoms with E-state index < -0.39 is 0 Å². The van der Waals surface area contributed by atoms with Gasteiger partial charge in [0.25, 0.3) is 0 Å². The maximum atomic E-state index is 12.5. The van der Waals surface area contributed by atoms with Gasteiger partial charge in [0.05, 0.1) is 20.3 Å². The topological polar surface area (TPSA) is 73.4 Å². The van der Waals surface area contributed by atoms with E-state index in [1.54, 1.807) is 32.5 Å². The summed E-state index contributed by atoms with van der Waals surface area (Å²) in [4.78, 5) is 21.6. The van der Waals surface area contributed by atoms with Gasteiger partial charge in [-0.25, -0.2) is 9.78 Å². The van der Waals surface area contributed by atoms with Gasteiger partial charge in [-0.3, -0.25) is 4.90 Å². The number of anilines is 1. The Kier molecular flexibility index (Phi) is 8.85. The molecule has 0 unspecified atom stereocenters. The smallest absolute Gasteiger partial charge is 0.342 e. The molecule has 0 atom stereocenters. The van der Waals surface area contributed by atoms with Crippen molar-refractivity contribution in [1.82, 2.24) is 9.88 Å². The Labute approximate surface area is 218 Å². The second-order valence-electron chi connectivity index (χ2n) is 9.25. The van der Waals surface area contributed by atoms with Crippen LogP contribution < -0.4 is 19.1 Å². The van der Waals surface area contributed by atoms with Crippen LogP contribution in [0.1, 0.15) is 35.3 Å². The molecule has 2 heterocycles. The van der Waals surface area contributed by atoms with Crippen LogP contribution in [-0.2, 0) is 17.9 Å². The first kappa shape index (κ1) is 26.3. The van der Waals surface area contributed by atoms with E-state index in [4.69, 9.17) is 18.9 Å². The van der Waals surface area contributed by atoms with Crippen molar-refractivity contribution in [1.29, 1.82) is 0 Å². The molecule has 0 amide bonds. The van der Waals surface area contributed by atoms with Crippen LogP contribution in [0.4, 0.5) is 5.82 Å². The first-order valence-electron chi connectivity index (χ1n) is 12.5. The Bertz CT molecular complexity index is 1170. The van der Waals surface area contributed by atoms with E-state index in [0.717, 1.165) is 55.5 Å². The number of rotatable bonds is 10. The molecule has 0 spiro atoms. The van der Waals surface area contributed by atoms with Gasteiger partial charge < -0.3 is 23.8 Å². The Morgan fingerprint density at radius 3 is 2.27 bits per heavy atom. The summed E-state index contributed by atoms with van der Waals surface area (Å²) >= 11 is 0. The van der Waals surface area contributed by atoms with Gasteiger partial charge in [-0.2, -0.15) is 0 Å². The van der Waals surface area contributed by atoms with Crippen molar-refractivity contribution in [3.8, 4) is 17.2 Å². The fourth-order valence-corrected chi connectivity index (χ4v) is 4.31. The van der Waals surface area contributed by atoms with Crippen LogP contribution in [0.5, 0.6) is 17.2 Å². The molecule has 0 radical (unpaired) electrons. The summed E-state index contributed by atoms with van der Waals surface area (Å²) in [6.07, 6.45) is 1.55. The van der Waals surface area contributed by atoms with Crippen molar-refractivity contribution >= 4 is 11.8 Å². The number of pyridine rings is 1. The maximum absolute atomic E-state index is 12.5. The maximum Gasteiger partial charge on any atom is 0.342 e. The van der Waals surface area contributed by atoms with Crippen molar-refractivity contribution in [2.45, 2.75) is 33.1 Å². The number of nitrogens with zero attached hydrogens (tertiary/aromatic N) is 3. The summed E-state index contributed by atoms with van der Waals surface area (Å²) in [7, 11) is 3.28. The Balaban J connectivity index is 1.33. The average Bonchev–Trinajstić information content (AvgIpc) is 2.92. The normalized spacial score (nSPS) is 13.9. The van der Waals surface area contributed by atoms with Crippen molar-refractivity contribution in [3.63, 3.8) is 0 Å². The highest BCUT2D eigenvalue weighted by atomic mass is 16.5. The highest BCUT2D eigenvalue weighted by Crippen LogP contribution is 2.25. The van der Waals surface area contributed by atoms with Gasteiger partial charge in [-0.1, -0.05) is 12.1 Å². The third-order valence-electron chi connectivity index (χ3n) is 6.14. The van der Waals surface area contributed by atoms with Crippen LogP contribution in [0.3, 0.4) is 0 Å². The number of methoxy groups -OCH3 is 2. The minimum absolute atomic E-state index is 0.171. The van der Waals surface area contributed by atoms with E-state index in [-0.39, 0.29) is 12.1 Å². The van der Waals surface area contributed by atoms with Gasteiger partial charge in [-0.15, -0.1) is 0 Å². The lowest BCUT2D eigenvalue weighted by Gasteiger charge is -2.36. The SMILES string of the molecule is COc1cc(COc2cccc(CN3CCN(c4ncccc4C(=O)OC(C)C)CC3)c2)cc(OC)c1. The number of carbonyl (C=O) groups excluding carboxylic acids is 1. The number of ether oxygens (including phenoxy) is 4. The molecule has 1 aliphatic heterocycles. The second-order valence-corrected chi connectivity index (χ2v) is 9.25. The molecule has 0 bridgehead atoms. The van der Waals surface area contributed by atoms with Crippen LogP contribution >= 0.6 is 0 Å². The first-order chi connectivity index (χ1) is 17.9. The zero-order chi connectivity index (χ0) is 26.2. The fourth-order valence-electron chi connectivity index (χ4n) is 4.31. The van der Waals surface area contributed by atoms with Gasteiger partial charge in [0, 0.05) is 45.0 Å². The molecule has 8 heteroatoms. The van der Waals surface area contributed by atoms with E-state index in [1.807, 2.05) is 44.2 Å². The average molecular weight is 506 g/mol. The number of hydrogen-bond acceptors (Lipinski definition) is 8. The summed E-state index contributed by atoms with van der Waals surface area (Å²) in [6, 6.07) is 17.5. The number of hydrogen-bond donors (Lipinski definition) is 0. The minimum Gasteiger partial charge on any atom is -0.497 e. The minimum atomic E-state index is -0.329. The first-order valence-corrected chi connectivity index (χ1v) is 12.5. The lowest BCUT2D eigenvalue weighted by Crippen LogP contribution is -2.46. The van der Waals surface area contributed by atoms with Gasteiger partial charge in [-0.05, 0) is 61.4 Å². The summed E-state index contributed by atoms with van der Waals surface area (Å²) in [5.41, 5.74) is 2.68. The van der Waals surface area contributed by atoms with Crippen molar-refractivity contribution < 1.29 is 23.7 Å². The Morgan fingerprint density at radius 2 is 1.59 bits per heavy atom. The predicted octanol–water partition coefficient (Wildman–Crippen LogP) is 4.57. The third-order valence-corrected chi connectivity index (χ3v) is 6.14. The van der Waals surface area contributed by atoms with E-state index in [2.05, 4.69) is 26.9 Å². The molecule has 1 aromatic heterocycles. The number of carbonyl (C=O) groups is 1. The fraction of sp³-hybridized carbons (Fsp3) is 0.379. The zero-order valence-corrected chi connectivity index (χ0v) is 22.0. The summed E-state index contributed by atoms with van der Waals surface area (Å²) in [5.74, 6) is 2.66. The molecule has 37 heavy (non-hydrogen) atoms. The molecule has 0 N–H and O–H groups in total. The zero-order valence-electron chi connectivity index (χ0n) is 22.0. The van der Waals surface area contributed by atoms with Crippen LogP contribution in [0.25, 0.3) is 0 Å². The van der Waals surface area contributed by atoms with Crippen molar-refractivity contribution in [2.75, 3.05) is 45.3 Å². The van der Waals surface area contributed by atoms with Gasteiger partial charge in [0.1, 0.15) is 35.2 Å². The van der Waals surface area contributed by atoms with Crippen LogP contribution in [-0.4, -0.2) is 62.4 Å². The molecule has 196 valence electrons. The van der Waals surface area contributed by atoms with Crippen LogP contribution in [0.15, 0.2) is 60.8 Å². The van der Waals surface area contributed by atoms with Crippen LogP contribution in [0, 0.1) is 0 Å². The third kappa shape index (κ3) is 7.13. The largest absolute Gasteiger partial charge is 0.497 e. The standard InChI is InChI=1S/C29H35N3O5/c1-21(2)37-29(33)27-9-6-10-30-28(27)32-13-11-31(12-14-32)19-22-7-5-8-24(15-22)36-20-23-16-25(34-3)18-26(17-23)35-4/h5-10,15-18,21H,11-14,19-20H2,1-4H3. The monoisotopic (exact) mass is 505 g/mol. The van der Waals surface area contributed by atoms with E-state index >= 15 is 0 Å². The predicted molar refractivity (Wildman–Crippen MR) is 143 cm³/mol. The highest BCUT2D eigenvalue weighted by Gasteiger charge is 2.23. The van der Waals surface area contributed by atoms with Gasteiger partial charge in [0.2, 0.25) is 0 Å². The number of aromatic nitrogens is 1. The lowest BCUT2D eigenvalue weighted by molar-refractivity contribution is 0.0378. The number of piperazine rings is 1. The lowest BCUT2D eigenvalue weighted by atomic mass is 10.1. The van der Waals surface area contributed by atoms with E-state index in [1.165, 1.54) is 5.56 Å². The van der Waals surface area contributed by atoms with Crippen LogP contribution in [0.2, 0.25) is 0 Å². The van der Waals surface area contributed by atoms with E-state index in [9.17, 15) is 4.79 Å². The highest BCUT2D eigenvalue weighted by molar-refractivity contribution is 5.94. The van der Waals surface area contributed by atoms with Gasteiger partial charge >= 0.3 is 5.97 Å². The summed E-state index contributed by atoms with van der Waals surface area (Å²) in [5, 5.41) is 0.